The van der Waals surface area contributed by atoms with Crippen molar-refractivity contribution in [2.75, 3.05) is 13.1 Å². The van der Waals surface area contributed by atoms with Gasteiger partial charge in [0.25, 0.3) is 0 Å². The lowest BCUT2D eigenvalue weighted by Crippen LogP contribution is -2.42. The molecule has 1 aromatic rings. The molecule has 1 saturated carbocycles. The number of unbranched alkanes of at least 4 members (excludes halogenated alkanes) is 2. The molecule has 0 spiro atoms. The van der Waals surface area contributed by atoms with Gasteiger partial charge in [-0.15, -0.1) is 0 Å². The van der Waals surface area contributed by atoms with Gasteiger partial charge in [-0.2, -0.15) is 5.26 Å². The van der Waals surface area contributed by atoms with Crippen LogP contribution in [-0.2, 0) is 0 Å². The van der Waals surface area contributed by atoms with E-state index in [0.717, 1.165) is 17.5 Å². The fourth-order valence-corrected chi connectivity index (χ4v) is 4.91. The summed E-state index contributed by atoms with van der Waals surface area (Å²) in [6.07, 6.45) is 14.0. The summed E-state index contributed by atoms with van der Waals surface area (Å²) in [7, 11) is 0. The van der Waals surface area contributed by atoms with Crippen LogP contribution in [-0.4, -0.2) is 24.0 Å². The predicted molar refractivity (Wildman–Crippen MR) is 105 cm³/mol. The number of hydrogen-bond acceptors (Lipinski definition) is 2. The molecule has 0 aromatic heterocycles. The second-order valence-corrected chi connectivity index (χ2v) is 8.21. The van der Waals surface area contributed by atoms with Gasteiger partial charge in [0.05, 0.1) is 11.6 Å². The van der Waals surface area contributed by atoms with Crippen molar-refractivity contribution in [3.05, 3.63) is 35.4 Å². The second-order valence-electron chi connectivity index (χ2n) is 8.21. The van der Waals surface area contributed by atoms with E-state index < -0.39 is 0 Å². The molecular weight excluding hydrogens is 304 g/mol. The number of benzene rings is 1. The average molecular weight is 339 g/mol. The number of nitriles is 1. The minimum Gasteiger partial charge on any atom is -0.300 e. The van der Waals surface area contributed by atoms with Crippen LogP contribution in [0.5, 0.6) is 0 Å². The summed E-state index contributed by atoms with van der Waals surface area (Å²) in [5, 5.41) is 8.94. The lowest BCUT2D eigenvalue weighted by Gasteiger charge is -2.41. The standard InChI is InChI=1S/C23H34N2/c1-2-3-4-5-19-8-12-23(13-9-19)25-16-14-22(15-17-25)21-10-6-20(18-24)7-11-21/h6-7,10-11,19,22-23H,2-5,8-9,12-17H2,1H3. The van der Waals surface area contributed by atoms with Crippen LogP contribution in [0.25, 0.3) is 0 Å². The molecule has 1 aromatic carbocycles. The molecule has 0 atom stereocenters. The van der Waals surface area contributed by atoms with Crippen molar-refractivity contribution < 1.29 is 0 Å². The van der Waals surface area contributed by atoms with E-state index >= 15 is 0 Å². The third-order valence-corrected chi connectivity index (χ3v) is 6.59. The summed E-state index contributed by atoms with van der Waals surface area (Å²) in [5.74, 6) is 1.70. The first-order chi connectivity index (χ1) is 12.3. The van der Waals surface area contributed by atoms with E-state index in [4.69, 9.17) is 5.26 Å². The lowest BCUT2D eigenvalue weighted by molar-refractivity contribution is 0.105. The molecule has 0 N–H and O–H groups in total. The van der Waals surface area contributed by atoms with Crippen molar-refractivity contribution in [2.24, 2.45) is 5.92 Å². The summed E-state index contributed by atoms with van der Waals surface area (Å²) < 4.78 is 0. The van der Waals surface area contributed by atoms with Crippen LogP contribution in [0.15, 0.2) is 24.3 Å². The summed E-state index contributed by atoms with van der Waals surface area (Å²) in [4.78, 5) is 2.78. The highest BCUT2D eigenvalue weighted by Gasteiger charge is 2.29. The molecule has 1 aliphatic carbocycles. The molecule has 1 heterocycles. The Kier molecular flexibility index (Phi) is 6.93. The Morgan fingerprint density at radius 2 is 1.64 bits per heavy atom. The summed E-state index contributed by atoms with van der Waals surface area (Å²) in [5.41, 5.74) is 2.20. The first-order valence-electron chi connectivity index (χ1n) is 10.5. The maximum atomic E-state index is 8.94. The number of nitrogens with zero attached hydrogens (tertiary/aromatic N) is 2. The van der Waals surface area contributed by atoms with Crippen LogP contribution in [0.3, 0.4) is 0 Å². The first-order valence-corrected chi connectivity index (χ1v) is 10.5. The number of piperidine rings is 1. The van der Waals surface area contributed by atoms with Crippen molar-refractivity contribution >= 4 is 0 Å². The number of likely N-dealkylation sites (tertiary alicyclic amines) is 1. The van der Waals surface area contributed by atoms with Gasteiger partial charge in [0.1, 0.15) is 0 Å². The van der Waals surface area contributed by atoms with E-state index in [1.54, 1.807) is 0 Å². The van der Waals surface area contributed by atoms with Gasteiger partial charge >= 0.3 is 0 Å². The molecule has 136 valence electrons. The van der Waals surface area contributed by atoms with Crippen LogP contribution in [0.1, 0.15) is 88.2 Å². The van der Waals surface area contributed by atoms with Crippen molar-refractivity contribution in [3.8, 4) is 6.07 Å². The van der Waals surface area contributed by atoms with Gasteiger partial charge in [-0.1, -0.05) is 44.7 Å². The highest BCUT2D eigenvalue weighted by molar-refractivity contribution is 5.33. The Labute approximate surface area is 154 Å². The predicted octanol–water partition coefficient (Wildman–Crippen LogP) is 5.88. The Morgan fingerprint density at radius 1 is 0.960 bits per heavy atom. The molecule has 0 bridgehead atoms. The van der Waals surface area contributed by atoms with Crippen LogP contribution < -0.4 is 0 Å². The molecule has 2 aliphatic rings. The quantitative estimate of drug-likeness (QED) is 0.606. The van der Waals surface area contributed by atoms with Gasteiger partial charge in [0.2, 0.25) is 0 Å². The highest BCUT2D eigenvalue weighted by Crippen LogP contribution is 2.35. The van der Waals surface area contributed by atoms with E-state index in [2.05, 4.69) is 30.0 Å². The molecule has 3 rings (SSSR count). The first kappa shape index (κ1) is 18.5. The largest absolute Gasteiger partial charge is 0.300 e. The van der Waals surface area contributed by atoms with Gasteiger partial charge in [-0.05, 0) is 81.1 Å². The Balaban J connectivity index is 1.41. The average Bonchev–Trinajstić information content (AvgIpc) is 2.69. The summed E-state index contributed by atoms with van der Waals surface area (Å²) in [6, 6.07) is 11.4. The van der Waals surface area contributed by atoms with Crippen molar-refractivity contribution in [1.29, 1.82) is 5.26 Å². The van der Waals surface area contributed by atoms with Crippen LogP contribution >= 0.6 is 0 Å². The van der Waals surface area contributed by atoms with E-state index in [1.807, 2.05) is 12.1 Å². The third kappa shape index (κ3) is 5.08. The zero-order chi connectivity index (χ0) is 17.5. The maximum absolute atomic E-state index is 8.94. The maximum Gasteiger partial charge on any atom is 0.0991 e. The van der Waals surface area contributed by atoms with E-state index in [0.29, 0.717) is 5.92 Å². The van der Waals surface area contributed by atoms with Crippen molar-refractivity contribution in [3.63, 3.8) is 0 Å². The summed E-state index contributed by atoms with van der Waals surface area (Å²) >= 11 is 0. The lowest BCUT2D eigenvalue weighted by atomic mass is 9.81. The van der Waals surface area contributed by atoms with E-state index in [-0.39, 0.29) is 0 Å². The Hall–Kier alpha value is -1.33. The van der Waals surface area contributed by atoms with Crippen LogP contribution in [0, 0.1) is 17.2 Å². The molecule has 0 radical (unpaired) electrons. The monoisotopic (exact) mass is 338 g/mol. The topological polar surface area (TPSA) is 27.0 Å². The van der Waals surface area contributed by atoms with Crippen LogP contribution in [0.2, 0.25) is 0 Å². The fourth-order valence-electron chi connectivity index (χ4n) is 4.91. The minimum atomic E-state index is 0.689. The summed E-state index contributed by atoms with van der Waals surface area (Å²) in [6.45, 7) is 4.82. The smallest absolute Gasteiger partial charge is 0.0991 e. The molecule has 25 heavy (non-hydrogen) atoms. The normalized spacial score (nSPS) is 25.6. The number of hydrogen-bond donors (Lipinski definition) is 0. The second kappa shape index (κ2) is 9.39. The molecule has 0 amide bonds. The van der Waals surface area contributed by atoms with Crippen molar-refractivity contribution in [1.82, 2.24) is 4.90 Å². The SMILES string of the molecule is CCCCCC1CCC(N2CCC(c3ccc(C#N)cc3)CC2)CC1. The number of rotatable bonds is 6. The zero-order valence-corrected chi connectivity index (χ0v) is 15.9. The molecule has 2 fully saturated rings. The molecule has 1 aliphatic heterocycles. The van der Waals surface area contributed by atoms with Gasteiger partial charge < -0.3 is 4.90 Å². The van der Waals surface area contributed by atoms with Gasteiger partial charge in [-0.25, -0.2) is 0 Å². The van der Waals surface area contributed by atoms with E-state index in [1.165, 1.54) is 82.9 Å². The molecular formula is C23H34N2. The van der Waals surface area contributed by atoms with Gasteiger partial charge in [0.15, 0.2) is 0 Å². The Bertz CT molecular complexity index is 540. The minimum absolute atomic E-state index is 0.689. The zero-order valence-electron chi connectivity index (χ0n) is 15.9. The fraction of sp³-hybridized carbons (Fsp3) is 0.696. The van der Waals surface area contributed by atoms with E-state index in [9.17, 15) is 0 Å². The molecule has 0 unspecified atom stereocenters. The Morgan fingerprint density at radius 3 is 2.24 bits per heavy atom. The molecule has 1 saturated heterocycles. The van der Waals surface area contributed by atoms with Gasteiger partial charge in [0, 0.05) is 6.04 Å². The molecule has 2 heteroatoms. The van der Waals surface area contributed by atoms with Crippen LogP contribution in [0.4, 0.5) is 0 Å². The molecule has 2 nitrogen and oxygen atoms in total. The third-order valence-electron chi connectivity index (χ3n) is 6.59. The van der Waals surface area contributed by atoms with Crippen molar-refractivity contribution in [2.45, 2.75) is 83.1 Å². The highest BCUT2D eigenvalue weighted by atomic mass is 15.2. The van der Waals surface area contributed by atoms with Gasteiger partial charge in [-0.3, -0.25) is 0 Å².